The Morgan fingerprint density at radius 3 is 2.23 bits per heavy atom. The van der Waals surface area contributed by atoms with E-state index in [2.05, 4.69) is 53.7 Å². The van der Waals surface area contributed by atoms with Gasteiger partial charge in [-0.25, -0.2) is 4.79 Å². The number of hydrogen-bond donors (Lipinski definition) is 1. The minimum atomic E-state index is -0.867. The average molecular weight is 555 g/mol. The lowest BCUT2D eigenvalue weighted by Gasteiger charge is -2.61. The molecule has 4 rings (SSSR count). The molecule has 0 bridgehead atoms. The second-order valence-electron chi connectivity index (χ2n) is 14.4. The van der Waals surface area contributed by atoms with Crippen LogP contribution in [0.5, 0.6) is 0 Å². The van der Waals surface area contributed by atoms with Gasteiger partial charge >= 0.3 is 17.9 Å². The van der Waals surface area contributed by atoms with Gasteiger partial charge in [0.2, 0.25) is 0 Å². The zero-order valence-electron chi connectivity index (χ0n) is 26.1. The summed E-state index contributed by atoms with van der Waals surface area (Å²) in [6.07, 6.45) is 12.5. The quantitative estimate of drug-likeness (QED) is 0.260. The van der Waals surface area contributed by atoms with Crippen LogP contribution in [0.1, 0.15) is 107 Å². The molecule has 0 spiro atoms. The molecule has 0 heterocycles. The van der Waals surface area contributed by atoms with Crippen LogP contribution in [0, 0.1) is 39.4 Å². The van der Waals surface area contributed by atoms with Crippen molar-refractivity contribution in [2.45, 2.75) is 119 Å². The first-order valence-corrected chi connectivity index (χ1v) is 15.2. The van der Waals surface area contributed by atoms with E-state index in [0.717, 1.165) is 44.9 Å². The van der Waals surface area contributed by atoms with Crippen LogP contribution in [0.4, 0.5) is 0 Å². The zero-order chi connectivity index (χ0) is 29.8. The number of allylic oxidation sites excluding steroid dienone is 4. The molecule has 6 nitrogen and oxygen atoms in total. The minimum absolute atomic E-state index is 0.0435. The van der Waals surface area contributed by atoms with E-state index < -0.39 is 5.97 Å². The number of hydrogen-bond acceptors (Lipinski definition) is 5. The van der Waals surface area contributed by atoms with E-state index in [1.165, 1.54) is 25.0 Å². The molecule has 8 atom stereocenters. The monoisotopic (exact) mass is 554 g/mol. The lowest BCUT2D eigenvalue weighted by atomic mass is 9.44. The Morgan fingerprint density at radius 1 is 1.00 bits per heavy atom. The molecule has 0 aromatic carbocycles. The molecule has 222 valence electrons. The summed E-state index contributed by atoms with van der Waals surface area (Å²) >= 11 is 0. The molecule has 2 saturated carbocycles. The first-order valence-electron chi connectivity index (χ1n) is 15.2. The molecule has 0 radical (unpaired) electrons. The van der Waals surface area contributed by atoms with Gasteiger partial charge in [-0.1, -0.05) is 59.8 Å². The van der Waals surface area contributed by atoms with Crippen LogP contribution >= 0.6 is 0 Å². The summed E-state index contributed by atoms with van der Waals surface area (Å²) in [6, 6.07) is 0. The minimum Gasteiger partial charge on any atom is -0.478 e. The number of carbonyl (C=O) groups excluding carboxylic acids is 2. The normalized spacial score (nSPS) is 39.1. The van der Waals surface area contributed by atoms with Gasteiger partial charge in [0.25, 0.3) is 0 Å². The van der Waals surface area contributed by atoms with Crippen LogP contribution in [-0.4, -0.2) is 35.2 Å². The third-order valence-corrected chi connectivity index (χ3v) is 12.0. The van der Waals surface area contributed by atoms with Crippen molar-refractivity contribution in [3.8, 4) is 0 Å². The van der Waals surface area contributed by atoms with Crippen molar-refractivity contribution < 1.29 is 29.0 Å². The summed E-state index contributed by atoms with van der Waals surface area (Å²) in [5.41, 5.74) is 2.53. The molecule has 0 aliphatic heterocycles. The van der Waals surface area contributed by atoms with Crippen LogP contribution < -0.4 is 0 Å². The van der Waals surface area contributed by atoms with Crippen LogP contribution in [-0.2, 0) is 23.9 Å². The fourth-order valence-electron chi connectivity index (χ4n) is 9.52. The van der Waals surface area contributed by atoms with Gasteiger partial charge in [-0.2, -0.15) is 0 Å². The molecule has 0 amide bonds. The Morgan fingerprint density at radius 2 is 1.62 bits per heavy atom. The molecule has 40 heavy (non-hydrogen) atoms. The highest BCUT2D eigenvalue weighted by atomic mass is 16.5. The van der Waals surface area contributed by atoms with Crippen LogP contribution in [0.2, 0.25) is 0 Å². The van der Waals surface area contributed by atoms with Gasteiger partial charge in [0, 0.05) is 30.3 Å². The molecular formula is C34H50O6. The number of rotatable bonds is 7. The highest BCUT2D eigenvalue weighted by Crippen LogP contribution is 2.72. The van der Waals surface area contributed by atoms with E-state index >= 15 is 0 Å². The van der Waals surface area contributed by atoms with Crippen molar-refractivity contribution >= 4 is 17.9 Å². The smallest absolute Gasteiger partial charge is 0.330 e. The van der Waals surface area contributed by atoms with Crippen molar-refractivity contribution in [1.29, 1.82) is 0 Å². The Kier molecular flexibility index (Phi) is 8.01. The molecule has 4 aliphatic rings. The number of carbonyl (C=O) groups is 3. The number of fused-ring (bicyclic) bond motifs is 5. The molecule has 0 aromatic rings. The molecule has 0 aromatic heterocycles. The van der Waals surface area contributed by atoms with Gasteiger partial charge in [-0.15, -0.1) is 0 Å². The number of carboxylic acid groups (broad SMARTS) is 1. The highest BCUT2D eigenvalue weighted by molar-refractivity contribution is 5.85. The maximum absolute atomic E-state index is 12.4. The maximum atomic E-state index is 12.4. The summed E-state index contributed by atoms with van der Waals surface area (Å²) in [5.74, 6) is -0.286. The SMILES string of the molecule is CC(=O)O[C@H]1CC[C@]2(C)C3=CC[C@]4(C)[C@@H]([C@H](C)CC/C=C(\C)C(=O)O)C[C@H](OC(C)=O)[C@@]4(C)C3=CCC2C1(C)C. The topological polar surface area (TPSA) is 89.9 Å². The predicted molar refractivity (Wildman–Crippen MR) is 155 cm³/mol. The zero-order valence-corrected chi connectivity index (χ0v) is 26.1. The summed E-state index contributed by atoms with van der Waals surface area (Å²) in [6.45, 7) is 18.6. The second-order valence-corrected chi connectivity index (χ2v) is 14.4. The van der Waals surface area contributed by atoms with E-state index in [1.807, 2.05) is 6.08 Å². The summed E-state index contributed by atoms with van der Waals surface area (Å²) in [5, 5.41) is 9.25. The van der Waals surface area contributed by atoms with E-state index in [0.29, 0.717) is 23.3 Å². The lowest BCUT2D eigenvalue weighted by Crippen LogP contribution is -2.56. The molecule has 2 fully saturated rings. The Hall–Kier alpha value is -2.37. The number of carboxylic acids is 1. The fourth-order valence-corrected chi connectivity index (χ4v) is 9.52. The average Bonchev–Trinajstić information content (AvgIpc) is 3.07. The van der Waals surface area contributed by atoms with E-state index in [4.69, 9.17) is 9.47 Å². The van der Waals surface area contributed by atoms with Crippen molar-refractivity contribution in [1.82, 2.24) is 0 Å². The standard InChI is InChI=1S/C34H50O6/c1-20(11-10-12-21(2)30(37)38)26-19-29(40-23(4)36)34(9)25-13-14-27-31(5,6)28(39-22(3)35)16-17-32(27,7)24(25)15-18-33(26,34)8/h12-13,15,20,26-29H,10-11,14,16-19H2,1-9H3,(H,37,38)/b21-12+/t20-,26-,27?,28+,29+,32-,33-,34-/m1/s1. The van der Waals surface area contributed by atoms with Gasteiger partial charge in [0.1, 0.15) is 12.2 Å². The molecule has 1 unspecified atom stereocenters. The van der Waals surface area contributed by atoms with Crippen molar-refractivity contribution in [2.24, 2.45) is 39.4 Å². The van der Waals surface area contributed by atoms with Crippen LogP contribution in [0.15, 0.2) is 34.9 Å². The van der Waals surface area contributed by atoms with E-state index in [9.17, 15) is 19.5 Å². The number of ether oxygens (including phenoxy) is 2. The molecule has 1 N–H and O–H groups in total. The van der Waals surface area contributed by atoms with Gasteiger partial charge in [-0.3, -0.25) is 9.59 Å². The summed E-state index contributed by atoms with van der Waals surface area (Å²) in [4.78, 5) is 35.6. The van der Waals surface area contributed by atoms with E-state index in [-0.39, 0.29) is 45.8 Å². The Labute approximate surface area is 240 Å². The highest BCUT2D eigenvalue weighted by Gasteiger charge is 2.67. The Balaban J connectivity index is 1.71. The third-order valence-electron chi connectivity index (χ3n) is 12.0. The number of esters is 2. The fraction of sp³-hybridized carbons (Fsp3) is 0.735. The first-order chi connectivity index (χ1) is 18.5. The number of aliphatic carboxylic acids is 1. The molecule has 4 aliphatic carbocycles. The van der Waals surface area contributed by atoms with E-state index in [1.54, 1.807) is 6.92 Å². The Bertz CT molecular complexity index is 1160. The summed E-state index contributed by atoms with van der Waals surface area (Å²) in [7, 11) is 0. The molecular weight excluding hydrogens is 504 g/mol. The molecule has 0 saturated heterocycles. The van der Waals surface area contributed by atoms with Crippen LogP contribution in [0.25, 0.3) is 0 Å². The first kappa shape index (κ1) is 30.6. The second kappa shape index (κ2) is 10.5. The predicted octanol–water partition coefficient (Wildman–Crippen LogP) is 7.43. The van der Waals surface area contributed by atoms with Gasteiger partial charge in [-0.05, 0) is 91.6 Å². The lowest BCUT2D eigenvalue weighted by molar-refractivity contribution is -0.166. The summed E-state index contributed by atoms with van der Waals surface area (Å²) < 4.78 is 12.0. The van der Waals surface area contributed by atoms with Gasteiger partial charge < -0.3 is 14.6 Å². The largest absolute Gasteiger partial charge is 0.478 e. The third kappa shape index (κ3) is 4.67. The van der Waals surface area contributed by atoms with Crippen molar-refractivity contribution in [3.05, 3.63) is 34.9 Å². The maximum Gasteiger partial charge on any atom is 0.330 e. The van der Waals surface area contributed by atoms with Gasteiger partial charge in [0.15, 0.2) is 0 Å². The van der Waals surface area contributed by atoms with Crippen molar-refractivity contribution in [3.63, 3.8) is 0 Å². The molecule has 6 heteroatoms. The van der Waals surface area contributed by atoms with Crippen molar-refractivity contribution in [2.75, 3.05) is 0 Å². The van der Waals surface area contributed by atoms with Gasteiger partial charge in [0.05, 0.1) is 0 Å². The van der Waals surface area contributed by atoms with Crippen LogP contribution in [0.3, 0.4) is 0 Å².